The summed E-state index contributed by atoms with van der Waals surface area (Å²) in [5.74, 6) is 0.159. The van der Waals surface area contributed by atoms with Crippen molar-refractivity contribution in [3.63, 3.8) is 0 Å². The normalized spacial score (nSPS) is 21.5. The van der Waals surface area contributed by atoms with Crippen molar-refractivity contribution in [3.05, 3.63) is 35.9 Å². The largest absolute Gasteiger partial charge is 0.341 e. The topological polar surface area (TPSA) is 54.5 Å². The van der Waals surface area contributed by atoms with E-state index in [2.05, 4.69) is 26.0 Å². The number of hydrogen-bond acceptors (Lipinski definition) is 3. The maximum Gasteiger partial charge on any atom is 0.223 e. The molecule has 0 spiro atoms. The second kappa shape index (κ2) is 5.79. The third kappa shape index (κ3) is 4.06. The highest BCUT2D eigenvalue weighted by atomic mass is 32.2. The van der Waals surface area contributed by atoms with Crippen LogP contribution in [0.5, 0.6) is 0 Å². The highest BCUT2D eigenvalue weighted by Crippen LogP contribution is 2.42. The van der Waals surface area contributed by atoms with Crippen LogP contribution in [0, 0.1) is 5.41 Å². The predicted molar refractivity (Wildman–Crippen MR) is 83.9 cm³/mol. The average molecular weight is 309 g/mol. The highest BCUT2D eigenvalue weighted by Gasteiger charge is 2.41. The van der Waals surface area contributed by atoms with Gasteiger partial charge in [-0.15, -0.1) is 0 Å². The van der Waals surface area contributed by atoms with Crippen LogP contribution in [0.3, 0.4) is 0 Å². The average Bonchev–Trinajstić information content (AvgIpc) is 2.72. The van der Waals surface area contributed by atoms with E-state index in [4.69, 9.17) is 0 Å². The summed E-state index contributed by atoms with van der Waals surface area (Å²) < 4.78 is 22.4. The van der Waals surface area contributed by atoms with Crippen LogP contribution in [0.15, 0.2) is 30.3 Å². The molecule has 2 rings (SSSR count). The van der Waals surface area contributed by atoms with Crippen molar-refractivity contribution in [2.24, 2.45) is 5.41 Å². The molecule has 1 aromatic rings. The molecule has 116 valence electrons. The van der Waals surface area contributed by atoms with Gasteiger partial charge in [-0.2, -0.15) is 0 Å². The Bertz CT molecular complexity index is 608. The van der Waals surface area contributed by atoms with Crippen molar-refractivity contribution >= 4 is 15.7 Å². The highest BCUT2D eigenvalue weighted by molar-refractivity contribution is 7.90. The van der Waals surface area contributed by atoms with Crippen LogP contribution in [0.1, 0.15) is 31.7 Å². The molecule has 1 amide bonds. The molecule has 1 atom stereocenters. The fourth-order valence-corrected chi connectivity index (χ4v) is 3.54. The van der Waals surface area contributed by atoms with Crippen molar-refractivity contribution < 1.29 is 13.2 Å². The molecular weight excluding hydrogens is 286 g/mol. The second-order valence-electron chi connectivity index (χ2n) is 6.61. The van der Waals surface area contributed by atoms with Crippen molar-refractivity contribution in [1.82, 2.24) is 4.90 Å². The summed E-state index contributed by atoms with van der Waals surface area (Å²) in [6.45, 7) is 5.66. The lowest BCUT2D eigenvalue weighted by molar-refractivity contribution is -0.130. The molecule has 1 unspecified atom stereocenters. The van der Waals surface area contributed by atoms with Gasteiger partial charge in [-0.1, -0.05) is 44.2 Å². The minimum atomic E-state index is -3.09. The molecule has 1 aromatic carbocycles. The van der Waals surface area contributed by atoms with Gasteiger partial charge >= 0.3 is 0 Å². The number of amides is 1. The first-order chi connectivity index (χ1) is 9.69. The number of sulfone groups is 1. The van der Waals surface area contributed by atoms with Crippen LogP contribution in [-0.2, 0) is 14.6 Å². The summed E-state index contributed by atoms with van der Waals surface area (Å²) in [5.41, 5.74) is 1.24. The smallest absolute Gasteiger partial charge is 0.223 e. The monoisotopic (exact) mass is 309 g/mol. The van der Waals surface area contributed by atoms with E-state index in [-0.39, 0.29) is 23.5 Å². The van der Waals surface area contributed by atoms with E-state index in [1.165, 1.54) is 11.8 Å². The van der Waals surface area contributed by atoms with E-state index in [1.807, 2.05) is 23.1 Å². The van der Waals surface area contributed by atoms with Crippen LogP contribution >= 0.6 is 0 Å². The molecular formula is C16H23NO3S. The molecule has 1 aliphatic heterocycles. The van der Waals surface area contributed by atoms with Gasteiger partial charge in [0.25, 0.3) is 0 Å². The lowest BCUT2D eigenvalue weighted by Gasteiger charge is -2.25. The molecule has 1 heterocycles. The molecule has 0 saturated carbocycles. The van der Waals surface area contributed by atoms with Crippen LogP contribution in [-0.4, -0.2) is 44.3 Å². The Kier molecular flexibility index (Phi) is 4.42. The van der Waals surface area contributed by atoms with E-state index >= 15 is 0 Å². The first kappa shape index (κ1) is 16.0. The Morgan fingerprint density at radius 2 is 1.90 bits per heavy atom. The summed E-state index contributed by atoms with van der Waals surface area (Å²) in [5, 5.41) is 0. The molecule has 0 N–H and O–H groups in total. The van der Waals surface area contributed by atoms with Gasteiger partial charge < -0.3 is 4.90 Å². The molecule has 21 heavy (non-hydrogen) atoms. The number of likely N-dealkylation sites (tertiary alicyclic amines) is 1. The van der Waals surface area contributed by atoms with Crippen LogP contribution in [0.4, 0.5) is 0 Å². The fraction of sp³-hybridized carbons (Fsp3) is 0.562. The Morgan fingerprint density at radius 1 is 1.29 bits per heavy atom. The maximum atomic E-state index is 12.2. The zero-order valence-corrected chi connectivity index (χ0v) is 13.7. The van der Waals surface area contributed by atoms with E-state index < -0.39 is 9.84 Å². The number of nitrogens with zero attached hydrogens (tertiary/aromatic N) is 1. The van der Waals surface area contributed by atoms with Crippen LogP contribution < -0.4 is 0 Å². The fourth-order valence-electron chi connectivity index (χ4n) is 3.00. The third-order valence-corrected chi connectivity index (χ3v) is 5.13. The first-order valence-corrected chi connectivity index (χ1v) is 9.25. The van der Waals surface area contributed by atoms with Crippen molar-refractivity contribution in [3.8, 4) is 0 Å². The zero-order chi connectivity index (χ0) is 15.7. The maximum absolute atomic E-state index is 12.2. The van der Waals surface area contributed by atoms with Crippen LogP contribution in [0.25, 0.3) is 0 Å². The van der Waals surface area contributed by atoms with E-state index in [9.17, 15) is 13.2 Å². The van der Waals surface area contributed by atoms with E-state index in [0.29, 0.717) is 19.0 Å². The van der Waals surface area contributed by atoms with Gasteiger partial charge in [0, 0.05) is 31.7 Å². The first-order valence-electron chi connectivity index (χ1n) is 7.19. The minimum absolute atomic E-state index is 0.00209. The molecule has 0 radical (unpaired) electrons. The Balaban J connectivity index is 2.07. The summed E-state index contributed by atoms with van der Waals surface area (Å²) >= 11 is 0. The molecule has 0 aliphatic carbocycles. The molecule has 1 saturated heterocycles. The SMILES string of the molecule is CC1(C)CN(C(=O)CCS(C)(=O)=O)CC1c1ccccc1. The van der Waals surface area contributed by atoms with E-state index in [0.717, 1.165) is 0 Å². The number of carbonyl (C=O) groups excluding carboxylic acids is 1. The van der Waals surface area contributed by atoms with Crippen LogP contribution in [0.2, 0.25) is 0 Å². The standard InChI is InChI=1S/C16H23NO3S/c1-16(2)12-17(15(18)9-10-21(3,19)20)11-14(16)13-7-5-4-6-8-13/h4-8,14H,9-12H2,1-3H3. The molecule has 0 bridgehead atoms. The lowest BCUT2D eigenvalue weighted by Crippen LogP contribution is -2.31. The molecule has 4 nitrogen and oxygen atoms in total. The molecule has 5 heteroatoms. The van der Waals surface area contributed by atoms with Crippen molar-refractivity contribution in [2.75, 3.05) is 25.1 Å². The number of rotatable bonds is 4. The van der Waals surface area contributed by atoms with Crippen molar-refractivity contribution in [1.29, 1.82) is 0 Å². The van der Waals surface area contributed by atoms with Gasteiger partial charge in [-0.3, -0.25) is 4.79 Å². The number of hydrogen-bond donors (Lipinski definition) is 0. The van der Waals surface area contributed by atoms with Gasteiger partial charge in [-0.05, 0) is 11.0 Å². The molecule has 1 aliphatic rings. The minimum Gasteiger partial charge on any atom is -0.341 e. The number of carbonyl (C=O) groups is 1. The zero-order valence-electron chi connectivity index (χ0n) is 12.9. The van der Waals surface area contributed by atoms with Crippen molar-refractivity contribution in [2.45, 2.75) is 26.2 Å². The number of benzene rings is 1. The summed E-state index contributed by atoms with van der Waals surface area (Å²) in [6.07, 6.45) is 1.25. The Labute approximate surface area is 127 Å². The summed E-state index contributed by atoms with van der Waals surface area (Å²) in [6, 6.07) is 10.2. The van der Waals surface area contributed by atoms with E-state index in [1.54, 1.807) is 0 Å². The summed E-state index contributed by atoms with van der Waals surface area (Å²) in [4.78, 5) is 14.0. The van der Waals surface area contributed by atoms with Gasteiger partial charge in [0.2, 0.25) is 5.91 Å². The Hall–Kier alpha value is -1.36. The third-order valence-electron chi connectivity index (χ3n) is 4.19. The summed E-state index contributed by atoms with van der Waals surface area (Å²) in [7, 11) is -3.09. The predicted octanol–water partition coefficient (Wildman–Crippen LogP) is 2.07. The van der Waals surface area contributed by atoms with Gasteiger partial charge in [0.15, 0.2) is 0 Å². The van der Waals surface area contributed by atoms with Gasteiger partial charge in [0.05, 0.1) is 5.75 Å². The quantitative estimate of drug-likeness (QED) is 0.855. The second-order valence-corrected chi connectivity index (χ2v) is 8.87. The Morgan fingerprint density at radius 3 is 2.48 bits per heavy atom. The lowest BCUT2D eigenvalue weighted by atomic mass is 9.78. The van der Waals surface area contributed by atoms with Gasteiger partial charge in [0.1, 0.15) is 9.84 Å². The molecule has 1 fully saturated rings. The molecule has 0 aromatic heterocycles. The van der Waals surface area contributed by atoms with Gasteiger partial charge in [-0.25, -0.2) is 8.42 Å².